The van der Waals surface area contributed by atoms with Crippen LogP contribution in [0.5, 0.6) is 0 Å². The van der Waals surface area contributed by atoms with Gasteiger partial charge in [0, 0.05) is 30.6 Å². The number of nitriles is 1. The van der Waals surface area contributed by atoms with Crippen LogP contribution in [-0.2, 0) is 16.7 Å². The fourth-order valence-corrected chi connectivity index (χ4v) is 3.97. The van der Waals surface area contributed by atoms with E-state index in [0.29, 0.717) is 16.7 Å². The van der Waals surface area contributed by atoms with Crippen molar-refractivity contribution in [1.82, 2.24) is 9.88 Å². The normalized spacial score (nSPS) is 16.7. The Morgan fingerprint density at radius 1 is 1.09 bits per heavy atom. The molecule has 2 aromatic carbocycles. The molecular formula is C26H21N3O3. The molecule has 0 saturated heterocycles. The van der Waals surface area contributed by atoms with Crippen molar-refractivity contribution in [2.24, 2.45) is 0 Å². The van der Waals surface area contributed by atoms with Gasteiger partial charge in [-0.05, 0) is 47.9 Å². The second-order valence-electron chi connectivity index (χ2n) is 7.35. The fraction of sp³-hybridized carbons (Fsp3) is 0.154. The summed E-state index contributed by atoms with van der Waals surface area (Å²) >= 11 is 0. The lowest BCUT2D eigenvalue weighted by Gasteiger charge is -2.40. The first kappa shape index (κ1) is 21.0. The molecule has 0 bridgehead atoms. The molecule has 0 unspecified atom stereocenters. The topological polar surface area (TPSA) is 83.3 Å². The van der Waals surface area contributed by atoms with Crippen LogP contribution in [0.25, 0.3) is 6.08 Å². The van der Waals surface area contributed by atoms with Crippen molar-refractivity contribution in [2.75, 3.05) is 6.61 Å². The molecule has 0 fully saturated rings. The van der Waals surface area contributed by atoms with Crippen molar-refractivity contribution in [3.05, 3.63) is 107 Å². The summed E-state index contributed by atoms with van der Waals surface area (Å²) in [6.07, 6.45) is 6.57. The minimum absolute atomic E-state index is 0.0973. The Kier molecular flexibility index (Phi) is 5.82. The molecule has 1 aliphatic heterocycles. The van der Waals surface area contributed by atoms with Crippen LogP contribution in [-0.4, -0.2) is 28.4 Å². The van der Waals surface area contributed by atoms with Crippen molar-refractivity contribution >= 4 is 18.0 Å². The predicted molar refractivity (Wildman–Crippen MR) is 119 cm³/mol. The number of hydrogen-bond acceptors (Lipinski definition) is 5. The van der Waals surface area contributed by atoms with Crippen molar-refractivity contribution in [2.45, 2.75) is 18.9 Å². The molecule has 0 spiro atoms. The van der Waals surface area contributed by atoms with Gasteiger partial charge in [-0.3, -0.25) is 14.7 Å². The van der Waals surface area contributed by atoms with E-state index in [1.165, 1.54) is 11.1 Å². The Hall–Kier alpha value is -4.24. The molecular weight excluding hydrogens is 402 g/mol. The predicted octanol–water partition coefficient (Wildman–Crippen LogP) is 4.35. The number of ether oxygens (including phenoxy) is 1. The summed E-state index contributed by atoms with van der Waals surface area (Å²) in [4.78, 5) is 31.6. The number of pyridine rings is 1. The molecule has 1 atom stereocenters. The molecule has 6 heteroatoms. The maximum absolute atomic E-state index is 13.5. The van der Waals surface area contributed by atoms with Crippen LogP contribution in [0.4, 0.5) is 0 Å². The standard InChI is InChI=1S/C26H21N3O3/c1-2-32-25(31)22-17-28-14-12-21(22)16-26(18-27)23-11-7-6-8-19(23)13-15-29(26)24(30)20-9-4-3-5-10-20/h3-15,17H,2,16H2,1H3/t26-/m0/s1. The van der Waals surface area contributed by atoms with Crippen LogP contribution in [0.3, 0.4) is 0 Å². The molecule has 0 radical (unpaired) electrons. The lowest BCUT2D eigenvalue weighted by molar-refractivity contribution is 0.0524. The Morgan fingerprint density at radius 3 is 2.59 bits per heavy atom. The number of fused-ring (bicyclic) bond motifs is 1. The fourth-order valence-electron chi connectivity index (χ4n) is 3.97. The van der Waals surface area contributed by atoms with Gasteiger partial charge in [0.2, 0.25) is 0 Å². The van der Waals surface area contributed by atoms with Crippen molar-refractivity contribution < 1.29 is 14.3 Å². The third-order valence-corrected chi connectivity index (χ3v) is 5.50. The number of benzene rings is 2. The van der Waals surface area contributed by atoms with E-state index >= 15 is 0 Å². The first-order valence-corrected chi connectivity index (χ1v) is 10.3. The summed E-state index contributed by atoms with van der Waals surface area (Å²) in [6.45, 7) is 1.95. The highest BCUT2D eigenvalue weighted by Crippen LogP contribution is 2.40. The van der Waals surface area contributed by atoms with Gasteiger partial charge < -0.3 is 4.74 Å². The summed E-state index contributed by atoms with van der Waals surface area (Å²) in [5.41, 5.74) is 1.51. The number of nitrogens with zero attached hydrogens (tertiary/aromatic N) is 3. The summed E-state index contributed by atoms with van der Waals surface area (Å²) in [5, 5.41) is 10.5. The number of esters is 1. The van der Waals surface area contributed by atoms with E-state index in [2.05, 4.69) is 11.1 Å². The summed E-state index contributed by atoms with van der Waals surface area (Å²) in [7, 11) is 0. The molecule has 32 heavy (non-hydrogen) atoms. The molecule has 6 nitrogen and oxygen atoms in total. The number of rotatable bonds is 5. The lowest BCUT2D eigenvalue weighted by Crippen LogP contribution is -2.49. The molecule has 1 amide bonds. The van der Waals surface area contributed by atoms with Crippen molar-refractivity contribution in [1.29, 1.82) is 5.26 Å². The van der Waals surface area contributed by atoms with Crippen LogP contribution in [0.1, 0.15) is 44.3 Å². The van der Waals surface area contributed by atoms with E-state index in [1.54, 1.807) is 49.7 Å². The molecule has 1 aromatic heterocycles. The molecule has 3 aromatic rings. The van der Waals surface area contributed by atoms with Gasteiger partial charge in [0.25, 0.3) is 5.91 Å². The third-order valence-electron chi connectivity index (χ3n) is 5.50. The largest absolute Gasteiger partial charge is 0.462 e. The zero-order valence-corrected chi connectivity index (χ0v) is 17.6. The van der Waals surface area contributed by atoms with E-state index in [4.69, 9.17) is 4.74 Å². The number of carbonyl (C=O) groups excluding carboxylic acids is 2. The van der Waals surface area contributed by atoms with Crippen LogP contribution < -0.4 is 0 Å². The van der Waals surface area contributed by atoms with E-state index < -0.39 is 11.5 Å². The molecule has 2 heterocycles. The van der Waals surface area contributed by atoms with Gasteiger partial charge in [-0.1, -0.05) is 42.5 Å². The van der Waals surface area contributed by atoms with Crippen LogP contribution in [0, 0.1) is 11.3 Å². The average molecular weight is 423 g/mol. The van der Waals surface area contributed by atoms with E-state index in [9.17, 15) is 14.9 Å². The first-order valence-electron chi connectivity index (χ1n) is 10.3. The van der Waals surface area contributed by atoms with Gasteiger partial charge >= 0.3 is 5.97 Å². The smallest absolute Gasteiger partial charge is 0.339 e. The van der Waals surface area contributed by atoms with E-state index in [-0.39, 0.29) is 24.5 Å². The highest BCUT2D eigenvalue weighted by Gasteiger charge is 2.45. The van der Waals surface area contributed by atoms with Crippen LogP contribution in [0.2, 0.25) is 0 Å². The van der Waals surface area contributed by atoms with Crippen LogP contribution in [0.15, 0.2) is 79.3 Å². The van der Waals surface area contributed by atoms with E-state index in [1.807, 2.05) is 36.4 Å². The molecule has 4 rings (SSSR count). The number of carbonyl (C=O) groups is 2. The monoisotopic (exact) mass is 423 g/mol. The quantitative estimate of drug-likeness (QED) is 0.570. The zero-order chi connectivity index (χ0) is 22.6. The Balaban J connectivity index is 1.87. The summed E-state index contributed by atoms with van der Waals surface area (Å²) < 4.78 is 5.18. The third kappa shape index (κ3) is 3.65. The van der Waals surface area contributed by atoms with Gasteiger partial charge in [0.1, 0.15) is 0 Å². The van der Waals surface area contributed by atoms with Gasteiger partial charge in [0.05, 0.1) is 18.2 Å². The number of amides is 1. The number of aromatic nitrogens is 1. The van der Waals surface area contributed by atoms with Gasteiger partial charge in [-0.2, -0.15) is 5.26 Å². The molecule has 0 N–H and O–H groups in total. The Bertz CT molecular complexity index is 1230. The zero-order valence-electron chi connectivity index (χ0n) is 17.6. The maximum Gasteiger partial charge on any atom is 0.339 e. The maximum atomic E-state index is 13.5. The van der Waals surface area contributed by atoms with E-state index in [0.717, 1.165) is 5.56 Å². The average Bonchev–Trinajstić information content (AvgIpc) is 2.84. The van der Waals surface area contributed by atoms with Crippen molar-refractivity contribution in [3.8, 4) is 6.07 Å². The summed E-state index contributed by atoms with van der Waals surface area (Å²) in [5.74, 6) is -0.811. The molecule has 1 aliphatic rings. The van der Waals surface area contributed by atoms with Crippen molar-refractivity contribution in [3.63, 3.8) is 0 Å². The Morgan fingerprint density at radius 2 is 1.84 bits per heavy atom. The minimum Gasteiger partial charge on any atom is -0.462 e. The van der Waals surface area contributed by atoms with Gasteiger partial charge in [-0.25, -0.2) is 4.79 Å². The Labute approximate surface area is 186 Å². The SMILES string of the molecule is CCOC(=O)c1cnccc1C[C@]1(C#N)c2ccccc2C=CN1C(=O)c1ccccc1. The minimum atomic E-state index is -1.36. The van der Waals surface area contributed by atoms with Crippen LogP contribution >= 0.6 is 0 Å². The molecule has 0 saturated carbocycles. The second-order valence-corrected chi connectivity index (χ2v) is 7.35. The first-order chi connectivity index (χ1) is 15.6. The second kappa shape index (κ2) is 8.86. The lowest BCUT2D eigenvalue weighted by atomic mass is 9.78. The highest BCUT2D eigenvalue weighted by atomic mass is 16.5. The molecule has 158 valence electrons. The van der Waals surface area contributed by atoms with Gasteiger partial charge in [0.15, 0.2) is 5.54 Å². The number of hydrogen-bond donors (Lipinski definition) is 0. The molecule has 0 aliphatic carbocycles. The highest BCUT2D eigenvalue weighted by molar-refractivity contribution is 5.97. The van der Waals surface area contributed by atoms with Gasteiger partial charge in [-0.15, -0.1) is 0 Å². The summed E-state index contributed by atoms with van der Waals surface area (Å²) in [6, 6.07) is 20.4.